The Morgan fingerprint density at radius 2 is 1.93 bits per heavy atom. The summed E-state index contributed by atoms with van der Waals surface area (Å²) in [6, 6.07) is 5.85. The van der Waals surface area contributed by atoms with Crippen LogP contribution in [0.3, 0.4) is 0 Å². The van der Waals surface area contributed by atoms with Gasteiger partial charge in [0, 0.05) is 36.7 Å². The van der Waals surface area contributed by atoms with Gasteiger partial charge in [-0.25, -0.2) is 28.2 Å². The number of pyridine rings is 1. The van der Waals surface area contributed by atoms with E-state index < -0.39 is 6.43 Å². The van der Waals surface area contributed by atoms with Crippen molar-refractivity contribution in [2.45, 2.75) is 32.7 Å². The highest BCUT2D eigenvalue weighted by Gasteiger charge is 2.34. The van der Waals surface area contributed by atoms with Crippen molar-refractivity contribution in [2.75, 3.05) is 11.4 Å². The second-order valence-corrected chi connectivity index (χ2v) is 7.25. The number of nitrogens with one attached hydrogen (secondary N) is 1. The highest BCUT2D eigenvalue weighted by atomic mass is 19.3. The highest BCUT2D eigenvalue weighted by Crippen LogP contribution is 2.35. The molecule has 0 radical (unpaired) electrons. The van der Waals surface area contributed by atoms with Crippen LogP contribution in [0.2, 0.25) is 0 Å². The lowest BCUT2D eigenvalue weighted by Crippen LogP contribution is -2.37. The number of aromatic amines is 1. The molecule has 0 spiro atoms. The van der Waals surface area contributed by atoms with Gasteiger partial charge in [0.05, 0.1) is 28.8 Å². The lowest BCUT2D eigenvalue weighted by Gasteiger charge is -2.33. The molecular formula is C20H19F2N7. The Kier molecular flexibility index (Phi) is 4.04. The standard InChI is InChI=1S/C20H19F2N7/c1-11-3-4-12(2)29-16(11)7-15(27-29)18-17-14(25-10-26-17)5-6-28(18)20-23-8-13(9-24-20)19(21)22/h3-4,7-10,18-19H,5-6H2,1-2H3,(H,25,26)/t18-/m0/s1. The van der Waals surface area contributed by atoms with Gasteiger partial charge in [-0.2, -0.15) is 5.10 Å². The molecule has 0 bridgehead atoms. The van der Waals surface area contributed by atoms with Crippen LogP contribution in [0.25, 0.3) is 5.52 Å². The molecule has 1 aliphatic heterocycles. The molecule has 0 unspecified atom stereocenters. The Morgan fingerprint density at radius 1 is 1.14 bits per heavy atom. The Hall–Kier alpha value is -3.36. The first-order valence-corrected chi connectivity index (χ1v) is 9.37. The minimum absolute atomic E-state index is 0.193. The maximum atomic E-state index is 12.9. The first-order valence-electron chi connectivity index (χ1n) is 9.37. The number of aryl methyl sites for hydroxylation is 2. The van der Waals surface area contributed by atoms with E-state index in [4.69, 9.17) is 5.10 Å². The predicted molar refractivity (Wildman–Crippen MR) is 103 cm³/mol. The molecule has 0 saturated carbocycles. The summed E-state index contributed by atoms with van der Waals surface area (Å²) < 4.78 is 27.7. The Bertz CT molecular complexity index is 1140. The third-order valence-electron chi connectivity index (χ3n) is 5.41. The number of hydrogen-bond donors (Lipinski definition) is 1. The van der Waals surface area contributed by atoms with Crippen LogP contribution in [0.4, 0.5) is 14.7 Å². The second-order valence-electron chi connectivity index (χ2n) is 7.25. The lowest BCUT2D eigenvalue weighted by atomic mass is 10.00. The molecular weight excluding hydrogens is 376 g/mol. The fourth-order valence-corrected chi connectivity index (χ4v) is 3.87. The van der Waals surface area contributed by atoms with Crippen LogP contribution in [0.15, 0.2) is 36.9 Å². The summed E-state index contributed by atoms with van der Waals surface area (Å²) >= 11 is 0. The molecule has 4 aromatic rings. The van der Waals surface area contributed by atoms with E-state index in [1.165, 1.54) is 12.4 Å². The maximum absolute atomic E-state index is 12.9. The molecule has 148 valence electrons. The number of halogens is 2. The van der Waals surface area contributed by atoms with E-state index in [1.807, 2.05) is 29.3 Å². The molecule has 0 aromatic carbocycles. The topological polar surface area (TPSA) is 75.0 Å². The summed E-state index contributed by atoms with van der Waals surface area (Å²) in [6.45, 7) is 4.68. The predicted octanol–water partition coefficient (Wildman–Crippen LogP) is 3.55. The minimum atomic E-state index is -2.59. The van der Waals surface area contributed by atoms with Crippen LogP contribution in [-0.4, -0.2) is 36.1 Å². The van der Waals surface area contributed by atoms with Crippen LogP contribution in [-0.2, 0) is 6.42 Å². The van der Waals surface area contributed by atoms with Crippen molar-refractivity contribution in [3.63, 3.8) is 0 Å². The van der Waals surface area contributed by atoms with Crippen molar-refractivity contribution < 1.29 is 8.78 Å². The van der Waals surface area contributed by atoms with E-state index >= 15 is 0 Å². The summed E-state index contributed by atoms with van der Waals surface area (Å²) in [7, 11) is 0. The lowest BCUT2D eigenvalue weighted by molar-refractivity contribution is 0.150. The van der Waals surface area contributed by atoms with Crippen LogP contribution >= 0.6 is 0 Å². The van der Waals surface area contributed by atoms with E-state index in [9.17, 15) is 8.78 Å². The molecule has 29 heavy (non-hydrogen) atoms. The highest BCUT2D eigenvalue weighted by molar-refractivity contribution is 5.58. The van der Waals surface area contributed by atoms with Gasteiger partial charge in [0.1, 0.15) is 6.04 Å². The molecule has 0 amide bonds. The van der Waals surface area contributed by atoms with Crippen molar-refractivity contribution in [3.05, 3.63) is 70.8 Å². The molecule has 1 N–H and O–H groups in total. The Labute approximate surface area is 165 Å². The maximum Gasteiger partial charge on any atom is 0.266 e. The summed E-state index contributed by atoms with van der Waals surface area (Å²) in [5, 5.41) is 4.84. The normalized spacial score (nSPS) is 16.6. The van der Waals surface area contributed by atoms with Crippen LogP contribution < -0.4 is 4.90 Å². The number of H-pyrrole nitrogens is 1. The van der Waals surface area contributed by atoms with Crippen molar-refractivity contribution in [2.24, 2.45) is 0 Å². The number of hydrogen-bond acceptors (Lipinski definition) is 5. The Balaban J connectivity index is 1.64. The minimum Gasteiger partial charge on any atom is -0.348 e. The zero-order chi connectivity index (χ0) is 20.1. The quantitative estimate of drug-likeness (QED) is 0.574. The molecule has 0 fully saturated rings. The van der Waals surface area contributed by atoms with E-state index in [0.717, 1.165) is 40.3 Å². The van der Waals surface area contributed by atoms with Gasteiger partial charge in [-0.1, -0.05) is 6.07 Å². The number of aromatic nitrogens is 6. The van der Waals surface area contributed by atoms with Crippen molar-refractivity contribution >= 4 is 11.5 Å². The fourth-order valence-electron chi connectivity index (χ4n) is 3.87. The van der Waals surface area contributed by atoms with Crippen LogP contribution in [0.5, 0.6) is 0 Å². The van der Waals surface area contributed by atoms with Crippen molar-refractivity contribution in [3.8, 4) is 0 Å². The van der Waals surface area contributed by atoms with Crippen LogP contribution in [0, 0.1) is 13.8 Å². The van der Waals surface area contributed by atoms with Gasteiger partial charge in [-0.15, -0.1) is 0 Å². The SMILES string of the molecule is Cc1ccc(C)n2nc([C@H]3c4nc[nH]c4CCN3c3ncc(C(F)F)cn3)cc12. The van der Waals surface area contributed by atoms with Gasteiger partial charge < -0.3 is 9.88 Å². The monoisotopic (exact) mass is 395 g/mol. The first kappa shape index (κ1) is 17.7. The van der Waals surface area contributed by atoms with Gasteiger partial charge in [-0.3, -0.25) is 0 Å². The molecule has 5 rings (SSSR count). The van der Waals surface area contributed by atoms with E-state index in [1.54, 1.807) is 6.33 Å². The third-order valence-corrected chi connectivity index (χ3v) is 5.41. The number of fused-ring (bicyclic) bond motifs is 2. The molecule has 4 aromatic heterocycles. The van der Waals surface area contributed by atoms with Gasteiger partial charge in [0.15, 0.2) is 0 Å². The van der Waals surface area contributed by atoms with Gasteiger partial charge in [0.2, 0.25) is 5.95 Å². The first-order chi connectivity index (χ1) is 14.0. The fraction of sp³-hybridized carbons (Fsp3) is 0.300. The number of nitrogens with zero attached hydrogens (tertiary/aromatic N) is 6. The third kappa shape index (κ3) is 2.84. The second kappa shape index (κ2) is 6.61. The average molecular weight is 395 g/mol. The van der Waals surface area contributed by atoms with Gasteiger partial charge >= 0.3 is 0 Å². The number of anilines is 1. The average Bonchev–Trinajstić information content (AvgIpc) is 3.38. The van der Waals surface area contributed by atoms with E-state index in [-0.39, 0.29) is 11.6 Å². The number of alkyl halides is 2. The van der Waals surface area contributed by atoms with Crippen molar-refractivity contribution in [1.82, 2.24) is 29.5 Å². The molecule has 5 heterocycles. The summed E-state index contributed by atoms with van der Waals surface area (Å²) in [4.78, 5) is 18.1. The zero-order valence-electron chi connectivity index (χ0n) is 16.0. The molecule has 1 atom stereocenters. The molecule has 1 aliphatic rings. The smallest absolute Gasteiger partial charge is 0.266 e. The zero-order valence-corrected chi connectivity index (χ0v) is 16.0. The number of imidazole rings is 1. The molecule has 0 saturated heterocycles. The molecule has 9 heteroatoms. The number of rotatable bonds is 3. The van der Waals surface area contributed by atoms with Gasteiger partial charge in [0.25, 0.3) is 6.43 Å². The summed E-state index contributed by atoms with van der Waals surface area (Å²) in [6.07, 6.45) is 2.18. The van der Waals surface area contributed by atoms with E-state index in [2.05, 4.69) is 32.1 Å². The van der Waals surface area contributed by atoms with Crippen LogP contribution in [0.1, 0.15) is 46.4 Å². The molecule has 7 nitrogen and oxygen atoms in total. The Morgan fingerprint density at radius 3 is 2.66 bits per heavy atom. The van der Waals surface area contributed by atoms with Gasteiger partial charge in [-0.05, 0) is 31.5 Å². The largest absolute Gasteiger partial charge is 0.348 e. The molecule has 0 aliphatic carbocycles. The summed E-state index contributed by atoms with van der Waals surface area (Å²) in [5.74, 6) is 0.388. The van der Waals surface area contributed by atoms with Crippen molar-refractivity contribution in [1.29, 1.82) is 0 Å². The van der Waals surface area contributed by atoms with E-state index in [0.29, 0.717) is 12.5 Å². The summed E-state index contributed by atoms with van der Waals surface area (Å²) in [5.41, 5.74) is 5.70.